The highest BCUT2D eigenvalue weighted by molar-refractivity contribution is 6.35. The summed E-state index contributed by atoms with van der Waals surface area (Å²) in [6.07, 6.45) is 4.26. The van der Waals surface area contributed by atoms with Gasteiger partial charge >= 0.3 is 0 Å². The second-order valence-electron chi connectivity index (χ2n) is 6.86. The lowest BCUT2D eigenvalue weighted by atomic mass is 9.85. The van der Waals surface area contributed by atoms with Crippen LogP contribution in [0.1, 0.15) is 46.8 Å². The molecule has 2 aliphatic rings. The number of rotatable bonds is 2. The van der Waals surface area contributed by atoms with Gasteiger partial charge in [0.1, 0.15) is 0 Å². The Labute approximate surface area is 142 Å². The van der Waals surface area contributed by atoms with Gasteiger partial charge < -0.3 is 15.6 Å². The van der Waals surface area contributed by atoms with Crippen LogP contribution in [0.25, 0.3) is 11.6 Å². The Morgan fingerprint density at radius 2 is 1.96 bits per heavy atom. The van der Waals surface area contributed by atoms with Gasteiger partial charge in [0, 0.05) is 22.6 Å². The molecule has 1 fully saturated rings. The first-order valence-electron chi connectivity index (χ1n) is 8.67. The number of nitrogens with one attached hydrogen (secondary N) is 3. The molecule has 1 saturated heterocycles. The number of piperidine rings is 1. The number of aromatic amines is 1. The molecule has 1 aromatic heterocycles. The van der Waals surface area contributed by atoms with E-state index in [4.69, 9.17) is 0 Å². The fourth-order valence-corrected chi connectivity index (χ4v) is 3.93. The van der Waals surface area contributed by atoms with Gasteiger partial charge in [-0.05, 0) is 75.0 Å². The number of benzene rings is 1. The minimum Gasteiger partial charge on any atom is -0.359 e. The molecule has 0 spiro atoms. The molecule has 0 atom stereocenters. The molecule has 0 aliphatic carbocycles. The van der Waals surface area contributed by atoms with Gasteiger partial charge in [0.25, 0.3) is 5.91 Å². The zero-order chi connectivity index (χ0) is 16.7. The first-order chi connectivity index (χ1) is 11.6. The first kappa shape index (κ1) is 15.2. The molecule has 2 aliphatic heterocycles. The molecule has 0 bridgehead atoms. The molecule has 124 valence electrons. The summed E-state index contributed by atoms with van der Waals surface area (Å²) in [5.74, 6) is 0.516. The third kappa shape index (κ3) is 2.57. The summed E-state index contributed by atoms with van der Waals surface area (Å²) in [6.45, 7) is 6.20. The molecular formula is C20H23N3O. The fraction of sp³-hybridized carbons (Fsp3) is 0.350. The minimum absolute atomic E-state index is 0.00182. The lowest BCUT2D eigenvalue weighted by Gasteiger charge is -2.25. The number of amides is 1. The van der Waals surface area contributed by atoms with Crippen LogP contribution in [0.4, 0.5) is 5.69 Å². The lowest BCUT2D eigenvalue weighted by molar-refractivity contribution is -0.110. The van der Waals surface area contributed by atoms with Crippen LogP contribution in [-0.2, 0) is 4.79 Å². The number of aryl methyl sites for hydroxylation is 2. The summed E-state index contributed by atoms with van der Waals surface area (Å²) in [7, 11) is 0. The number of fused-ring (bicyclic) bond motifs is 1. The quantitative estimate of drug-likeness (QED) is 0.740. The largest absolute Gasteiger partial charge is 0.359 e. The van der Waals surface area contributed by atoms with Crippen LogP contribution < -0.4 is 10.6 Å². The second kappa shape index (κ2) is 5.95. The third-order valence-corrected chi connectivity index (χ3v) is 5.12. The third-order valence-electron chi connectivity index (χ3n) is 5.12. The summed E-state index contributed by atoms with van der Waals surface area (Å²) in [6, 6.07) is 8.36. The normalized spacial score (nSPS) is 19.6. The predicted octanol–water partition coefficient (Wildman–Crippen LogP) is 3.59. The van der Waals surface area contributed by atoms with E-state index in [2.05, 4.69) is 40.7 Å². The molecule has 3 heterocycles. The van der Waals surface area contributed by atoms with Crippen LogP contribution in [0.5, 0.6) is 0 Å². The van der Waals surface area contributed by atoms with E-state index in [0.29, 0.717) is 5.92 Å². The molecular weight excluding hydrogens is 298 g/mol. The smallest absolute Gasteiger partial charge is 0.256 e. The van der Waals surface area contributed by atoms with Crippen molar-refractivity contribution in [3.63, 3.8) is 0 Å². The Bertz CT molecular complexity index is 825. The maximum Gasteiger partial charge on any atom is 0.256 e. The van der Waals surface area contributed by atoms with E-state index in [0.717, 1.165) is 54.1 Å². The van der Waals surface area contributed by atoms with Crippen LogP contribution in [-0.4, -0.2) is 24.0 Å². The van der Waals surface area contributed by atoms with Crippen LogP contribution in [0.3, 0.4) is 0 Å². The van der Waals surface area contributed by atoms with Gasteiger partial charge in [-0.2, -0.15) is 0 Å². The van der Waals surface area contributed by atoms with Crippen molar-refractivity contribution in [2.45, 2.75) is 32.6 Å². The summed E-state index contributed by atoms with van der Waals surface area (Å²) >= 11 is 0. The summed E-state index contributed by atoms with van der Waals surface area (Å²) in [5, 5.41) is 6.46. The second-order valence-corrected chi connectivity index (χ2v) is 6.86. The zero-order valence-electron chi connectivity index (χ0n) is 14.2. The molecule has 1 aromatic carbocycles. The van der Waals surface area contributed by atoms with Gasteiger partial charge in [0.15, 0.2) is 0 Å². The maximum atomic E-state index is 12.6. The van der Waals surface area contributed by atoms with E-state index in [1.807, 2.05) is 19.1 Å². The van der Waals surface area contributed by atoms with Crippen molar-refractivity contribution in [2.75, 3.05) is 18.4 Å². The van der Waals surface area contributed by atoms with Crippen molar-refractivity contribution in [2.24, 2.45) is 0 Å². The Morgan fingerprint density at radius 3 is 2.67 bits per heavy atom. The van der Waals surface area contributed by atoms with Gasteiger partial charge in [0.2, 0.25) is 0 Å². The zero-order valence-corrected chi connectivity index (χ0v) is 14.2. The van der Waals surface area contributed by atoms with Crippen molar-refractivity contribution in [1.29, 1.82) is 0 Å². The Kier molecular flexibility index (Phi) is 3.77. The fourth-order valence-electron chi connectivity index (χ4n) is 3.93. The molecule has 24 heavy (non-hydrogen) atoms. The van der Waals surface area contributed by atoms with Gasteiger partial charge in [-0.1, -0.05) is 12.1 Å². The van der Waals surface area contributed by atoms with Gasteiger partial charge in [-0.3, -0.25) is 4.79 Å². The van der Waals surface area contributed by atoms with Crippen LogP contribution in [0.15, 0.2) is 24.3 Å². The van der Waals surface area contributed by atoms with Crippen molar-refractivity contribution < 1.29 is 4.79 Å². The molecule has 3 N–H and O–H groups in total. The molecule has 2 aromatic rings. The maximum absolute atomic E-state index is 12.6. The Morgan fingerprint density at radius 1 is 1.17 bits per heavy atom. The van der Waals surface area contributed by atoms with Crippen molar-refractivity contribution in [1.82, 2.24) is 10.3 Å². The average molecular weight is 321 g/mol. The number of H-pyrrole nitrogens is 1. The van der Waals surface area contributed by atoms with E-state index in [1.165, 1.54) is 11.1 Å². The predicted molar refractivity (Wildman–Crippen MR) is 98.1 cm³/mol. The van der Waals surface area contributed by atoms with Crippen LogP contribution in [0, 0.1) is 13.8 Å². The summed E-state index contributed by atoms with van der Waals surface area (Å²) in [4.78, 5) is 15.9. The molecule has 1 amide bonds. The van der Waals surface area contributed by atoms with Crippen LogP contribution >= 0.6 is 0 Å². The lowest BCUT2D eigenvalue weighted by Crippen LogP contribution is -2.27. The molecule has 4 nitrogen and oxygen atoms in total. The molecule has 4 rings (SSSR count). The number of hydrogen-bond acceptors (Lipinski definition) is 2. The highest BCUT2D eigenvalue weighted by Crippen LogP contribution is 2.41. The first-order valence-corrected chi connectivity index (χ1v) is 8.67. The van der Waals surface area contributed by atoms with Gasteiger partial charge in [0.05, 0.1) is 5.57 Å². The van der Waals surface area contributed by atoms with Crippen molar-refractivity contribution >= 4 is 23.2 Å². The Hall–Kier alpha value is -2.33. The average Bonchev–Trinajstić information content (AvgIpc) is 3.07. The van der Waals surface area contributed by atoms with E-state index in [9.17, 15) is 4.79 Å². The molecule has 0 unspecified atom stereocenters. The van der Waals surface area contributed by atoms with Crippen LogP contribution in [0.2, 0.25) is 0 Å². The van der Waals surface area contributed by atoms with Gasteiger partial charge in [-0.15, -0.1) is 0 Å². The topological polar surface area (TPSA) is 56.9 Å². The number of hydrogen-bond donors (Lipinski definition) is 3. The SMILES string of the molecule is Cc1cc(C)c(C=C2C(=O)Nc3cccc(C4CCNCC4)c32)[nH]1. The van der Waals surface area contributed by atoms with E-state index < -0.39 is 0 Å². The van der Waals surface area contributed by atoms with Crippen molar-refractivity contribution in [3.8, 4) is 0 Å². The summed E-state index contributed by atoms with van der Waals surface area (Å²) < 4.78 is 0. The number of carbonyl (C=O) groups excluding carboxylic acids is 1. The standard InChI is InChI=1S/C20H23N3O/c1-12-10-13(2)22-18(12)11-16-19-15(14-6-8-21-9-7-14)4-3-5-17(19)23-20(16)24/h3-5,10-11,14,21-22H,6-9H2,1-2H3,(H,23,24). The van der Waals surface area contributed by atoms with E-state index in [-0.39, 0.29) is 5.91 Å². The number of aromatic nitrogens is 1. The molecule has 0 saturated carbocycles. The monoisotopic (exact) mass is 321 g/mol. The molecule has 4 heteroatoms. The summed E-state index contributed by atoms with van der Waals surface area (Å²) in [5.41, 5.74) is 7.43. The molecule has 0 radical (unpaired) electrons. The van der Waals surface area contributed by atoms with E-state index >= 15 is 0 Å². The van der Waals surface area contributed by atoms with Gasteiger partial charge in [-0.25, -0.2) is 0 Å². The Balaban J connectivity index is 1.82. The number of carbonyl (C=O) groups is 1. The minimum atomic E-state index is -0.00182. The number of anilines is 1. The van der Waals surface area contributed by atoms with Crippen molar-refractivity contribution in [3.05, 3.63) is 52.3 Å². The van der Waals surface area contributed by atoms with E-state index in [1.54, 1.807) is 0 Å². The highest BCUT2D eigenvalue weighted by atomic mass is 16.2. The highest BCUT2D eigenvalue weighted by Gasteiger charge is 2.30.